The number of hydrogen-bond donors (Lipinski definition) is 0. The van der Waals surface area contributed by atoms with Gasteiger partial charge in [0.15, 0.2) is 0 Å². The summed E-state index contributed by atoms with van der Waals surface area (Å²) in [4.78, 5) is 6.14. The highest BCUT2D eigenvalue weighted by atomic mass is 19.4. The second-order valence-corrected chi connectivity index (χ2v) is 6.00. The third-order valence-electron chi connectivity index (χ3n) is 4.60. The molecule has 4 rings (SSSR count). The van der Waals surface area contributed by atoms with Crippen LogP contribution in [-0.4, -0.2) is 23.5 Å². The van der Waals surface area contributed by atoms with Gasteiger partial charge in [-0.25, -0.2) is 4.98 Å². The van der Waals surface area contributed by atoms with Crippen LogP contribution in [0.25, 0.3) is 22.1 Å². The average Bonchev–Trinajstić information content (AvgIpc) is 3.08. The van der Waals surface area contributed by atoms with Gasteiger partial charge in [0.2, 0.25) is 5.71 Å². The number of para-hydroxylation sites is 1. The van der Waals surface area contributed by atoms with Crippen molar-refractivity contribution in [3.05, 3.63) is 41.6 Å². The Kier molecular flexibility index (Phi) is 3.13. The normalized spacial score (nSPS) is 19.9. The van der Waals surface area contributed by atoms with Crippen molar-refractivity contribution in [3.8, 4) is 0 Å². The number of nitrogens with zero attached hydrogens (tertiary/aromatic N) is 2. The molecular weight excluding hydrogens is 305 g/mol. The monoisotopic (exact) mass is 320 g/mol. The summed E-state index contributed by atoms with van der Waals surface area (Å²) >= 11 is 0. The number of hydrogen-bond acceptors (Lipinski definition) is 3. The minimum absolute atomic E-state index is 0.0444. The van der Waals surface area contributed by atoms with E-state index in [1.54, 1.807) is 24.3 Å². The molecule has 1 aliphatic heterocycles. The number of rotatable bonds is 1. The molecule has 1 aromatic carbocycles. The lowest BCUT2D eigenvalue weighted by Gasteiger charge is -2.23. The van der Waals surface area contributed by atoms with Crippen molar-refractivity contribution < 1.29 is 17.6 Å². The maximum absolute atomic E-state index is 13.9. The van der Waals surface area contributed by atoms with Crippen molar-refractivity contribution >= 4 is 22.1 Å². The van der Waals surface area contributed by atoms with Crippen molar-refractivity contribution in [1.29, 1.82) is 0 Å². The Bertz CT molecular complexity index is 885. The molecule has 120 valence electrons. The Morgan fingerprint density at radius 2 is 2.04 bits per heavy atom. The van der Waals surface area contributed by atoms with Gasteiger partial charge in [-0.15, -0.1) is 0 Å². The molecule has 0 radical (unpaired) electrons. The van der Waals surface area contributed by atoms with Crippen LogP contribution in [0, 0.1) is 0 Å². The van der Waals surface area contributed by atoms with Gasteiger partial charge >= 0.3 is 6.18 Å². The van der Waals surface area contributed by atoms with Gasteiger partial charge in [0.05, 0.1) is 10.9 Å². The van der Waals surface area contributed by atoms with Crippen molar-refractivity contribution in [3.63, 3.8) is 0 Å². The quantitative estimate of drug-likeness (QED) is 0.647. The van der Waals surface area contributed by atoms with Gasteiger partial charge in [0.1, 0.15) is 5.58 Å². The molecule has 1 atom stereocenters. The molecule has 1 fully saturated rings. The van der Waals surface area contributed by atoms with E-state index in [9.17, 15) is 13.2 Å². The summed E-state index contributed by atoms with van der Waals surface area (Å²) in [5.74, 6) is 0. The fourth-order valence-corrected chi connectivity index (χ4v) is 3.56. The van der Waals surface area contributed by atoms with Crippen LogP contribution in [0.1, 0.15) is 30.0 Å². The van der Waals surface area contributed by atoms with Gasteiger partial charge in [0.25, 0.3) is 0 Å². The predicted molar refractivity (Wildman–Crippen MR) is 81.1 cm³/mol. The van der Waals surface area contributed by atoms with Crippen molar-refractivity contribution in [2.45, 2.75) is 25.1 Å². The van der Waals surface area contributed by atoms with Gasteiger partial charge < -0.3 is 4.42 Å². The molecule has 0 N–H and O–H groups in total. The van der Waals surface area contributed by atoms with Gasteiger partial charge in [-0.2, -0.15) is 13.2 Å². The van der Waals surface area contributed by atoms with Crippen LogP contribution in [0.15, 0.2) is 34.9 Å². The fourth-order valence-electron chi connectivity index (χ4n) is 3.56. The van der Waals surface area contributed by atoms with Crippen LogP contribution >= 0.6 is 0 Å². The van der Waals surface area contributed by atoms with Gasteiger partial charge in [-0.05, 0) is 32.5 Å². The first-order valence-corrected chi connectivity index (χ1v) is 7.54. The first-order chi connectivity index (χ1) is 11.0. The molecule has 3 aromatic rings. The second-order valence-electron chi connectivity index (χ2n) is 6.00. The van der Waals surface area contributed by atoms with Crippen LogP contribution in [0.4, 0.5) is 13.2 Å². The molecule has 0 amide bonds. The molecule has 3 nitrogen and oxygen atoms in total. The number of benzene rings is 1. The summed E-state index contributed by atoms with van der Waals surface area (Å²) in [5.41, 5.74) is 0.114. The van der Waals surface area contributed by atoms with E-state index in [0.717, 1.165) is 13.0 Å². The first kappa shape index (κ1) is 14.5. The smallest absolute Gasteiger partial charge is 0.417 e. The Labute approximate surface area is 130 Å². The molecule has 23 heavy (non-hydrogen) atoms. The van der Waals surface area contributed by atoms with Crippen molar-refractivity contribution in [2.75, 3.05) is 13.6 Å². The molecule has 0 unspecified atom stereocenters. The first-order valence-electron chi connectivity index (χ1n) is 7.54. The lowest BCUT2D eigenvalue weighted by molar-refractivity contribution is -0.137. The third-order valence-corrected chi connectivity index (χ3v) is 4.60. The van der Waals surface area contributed by atoms with Crippen LogP contribution in [0.5, 0.6) is 0 Å². The summed E-state index contributed by atoms with van der Waals surface area (Å²) < 4.78 is 47.1. The summed E-state index contributed by atoms with van der Waals surface area (Å²) in [6.07, 6.45) is -1.52. The minimum Gasteiger partial charge on any atom is -0.438 e. The van der Waals surface area contributed by atoms with E-state index in [1.807, 2.05) is 11.9 Å². The summed E-state index contributed by atoms with van der Waals surface area (Å²) in [6, 6.07) is 6.52. The lowest BCUT2D eigenvalue weighted by atomic mass is 9.96. The maximum Gasteiger partial charge on any atom is 0.417 e. The van der Waals surface area contributed by atoms with Crippen LogP contribution in [-0.2, 0) is 6.18 Å². The number of fused-ring (bicyclic) bond motifs is 3. The SMILES string of the molecule is CN1CCC[C@H]1c1cnc2oc3ccccc3c2c1C(F)(F)F. The summed E-state index contributed by atoms with van der Waals surface area (Å²) in [5, 5.41) is 0.538. The lowest BCUT2D eigenvalue weighted by Crippen LogP contribution is -2.21. The molecule has 6 heteroatoms. The zero-order valence-electron chi connectivity index (χ0n) is 12.5. The van der Waals surface area contributed by atoms with Crippen LogP contribution < -0.4 is 0 Å². The second kappa shape index (κ2) is 4.96. The standard InChI is InChI=1S/C17H15F3N2O/c1-22-8-4-6-12(22)11-9-21-16-14(15(11)17(18,19)20)10-5-2-3-7-13(10)23-16/h2-3,5,7,9,12H,4,6,8H2,1H3/t12-/m0/s1. The molecule has 0 spiro atoms. The van der Waals surface area contributed by atoms with Crippen LogP contribution in [0.2, 0.25) is 0 Å². The fraction of sp³-hybridized carbons (Fsp3) is 0.353. The van der Waals surface area contributed by atoms with Crippen molar-refractivity contribution in [2.24, 2.45) is 0 Å². The molecule has 1 saturated heterocycles. The molecule has 0 aliphatic carbocycles. The zero-order chi connectivity index (χ0) is 16.2. The third kappa shape index (κ3) is 2.20. The number of alkyl halides is 3. The molecule has 3 heterocycles. The molecular formula is C17H15F3N2O. The number of aromatic nitrogens is 1. The highest BCUT2D eigenvalue weighted by Gasteiger charge is 2.40. The number of halogens is 3. The topological polar surface area (TPSA) is 29.3 Å². The Morgan fingerprint density at radius 3 is 2.74 bits per heavy atom. The maximum atomic E-state index is 13.9. The molecule has 0 bridgehead atoms. The van der Waals surface area contributed by atoms with Crippen molar-refractivity contribution in [1.82, 2.24) is 9.88 Å². The van der Waals surface area contributed by atoms with E-state index in [-0.39, 0.29) is 22.7 Å². The van der Waals surface area contributed by atoms with E-state index >= 15 is 0 Å². The van der Waals surface area contributed by atoms with E-state index < -0.39 is 11.7 Å². The Morgan fingerprint density at radius 1 is 1.26 bits per heavy atom. The Hall–Kier alpha value is -2.08. The highest BCUT2D eigenvalue weighted by Crippen LogP contribution is 2.45. The molecule has 1 aliphatic rings. The predicted octanol–water partition coefficient (Wildman–Crippen LogP) is 4.77. The Balaban J connectivity index is 2.09. The van der Waals surface area contributed by atoms with Gasteiger partial charge in [-0.1, -0.05) is 18.2 Å². The van der Waals surface area contributed by atoms with E-state index in [4.69, 9.17) is 4.42 Å². The number of likely N-dealkylation sites (tertiary alicyclic amines) is 1. The minimum atomic E-state index is -4.45. The van der Waals surface area contributed by atoms with E-state index in [1.165, 1.54) is 6.20 Å². The van der Waals surface area contributed by atoms with Crippen LogP contribution in [0.3, 0.4) is 0 Å². The van der Waals surface area contributed by atoms with Gasteiger partial charge in [0, 0.05) is 23.2 Å². The number of pyridine rings is 1. The zero-order valence-corrected chi connectivity index (χ0v) is 12.5. The summed E-state index contributed by atoms with van der Waals surface area (Å²) in [6.45, 7) is 0.798. The summed E-state index contributed by atoms with van der Waals surface area (Å²) in [7, 11) is 1.86. The molecule has 2 aromatic heterocycles. The van der Waals surface area contributed by atoms with E-state index in [2.05, 4.69) is 4.98 Å². The van der Waals surface area contributed by atoms with E-state index in [0.29, 0.717) is 17.4 Å². The average molecular weight is 320 g/mol. The van der Waals surface area contributed by atoms with Gasteiger partial charge in [-0.3, -0.25) is 4.90 Å². The molecule has 0 saturated carbocycles. The number of furan rings is 1. The highest BCUT2D eigenvalue weighted by molar-refractivity contribution is 6.06. The largest absolute Gasteiger partial charge is 0.438 e.